The van der Waals surface area contributed by atoms with Gasteiger partial charge in [0, 0.05) is 55.6 Å². The second-order valence-electron chi connectivity index (χ2n) is 6.81. The zero-order valence-electron chi connectivity index (χ0n) is 16.1. The van der Waals surface area contributed by atoms with E-state index < -0.39 is 22.5 Å². The van der Waals surface area contributed by atoms with Crippen LogP contribution in [0, 0.1) is 21.7 Å². The topological polar surface area (TPSA) is 75.9 Å². The number of anilines is 1. The number of ether oxygens (including phenoxy) is 1. The predicted molar refractivity (Wildman–Crippen MR) is 103 cm³/mol. The van der Waals surface area contributed by atoms with Gasteiger partial charge in [-0.05, 0) is 25.1 Å². The Morgan fingerprint density at radius 3 is 2.41 bits per heavy atom. The molecule has 1 atom stereocenters. The molecule has 0 aromatic heterocycles. The maximum atomic E-state index is 14.1. The van der Waals surface area contributed by atoms with Crippen molar-refractivity contribution in [3.05, 3.63) is 69.3 Å². The monoisotopic (exact) mass is 405 g/mol. The number of methoxy groups -OCH3 is 1. The smallest absolute Gasteiger partial charge is 0.344 e. The third-order valence-electron chi connectivity index (χ3n) is 5.22. The number of rotatable bonds is 5. The fraction of sp³-hybridized carbons (Fsp3) is 0.350. The highest BCUT2D eigenvalue weighted by Gasteiger charge is 2.27. The van der Waals surface area contributed by atoms with Crippen LogP contribution >= 0.6 is 0 Å². The van der Waals surface area contributed by atoms with Crippen molar-refractivity contribution >= 4 is 17.3 Å². The van der Waals surface area contributed by atoms with Gasteiger partial charge in [-0.15, -0.1) is 0 Å². The molecule has 0 spiro atoms. The third-order valence-corrected chi connectivity index (χ3v) is 5.22. The maximum Gasteiger partial charge on any atom is 0.344 e. The molecule has 0 amide bonds. The van der Waals surface area contributed by atoms with Gasteiger partial charge in [-0.1, -0.05) is 6.07 Å². The molecule has 1 fully saturated rings. The fourth-order valence-corrected chi connectivity index (χ4v) is 3.56. The van der Waals surface area contributed by atoms with Gasteiger partial charge < -0.3 is 9.64 Å². The molecule has 0 radical (unpaired) electrons. The first-order valence-electron chi connectivity index (χ1n) is 9.12. The zero-order chi connectivity index (χ0) is 21.1. The molecule has 2 aromatic carbocycles. The number of hydrogen-bond acceptors (Lipinski definition) is 6. The average molecular weight is 405 g/mol. The van der Waals surface area contributed by atoms with E-state index in [2.05, 4.69) is 9.64 Å². The van der Waals surface area contributed by atoms with Crippen molar-refractivity contribution in [2.24, 2.45) is 0 Å². The Morgan fingerprint density at radius 2 is 1.83 bits per heavy atom. The Labute approximate surface area is 166 Å². The van der Waals surface area contributed by atoms with Gasteiger partial charge in [0.15, 0.2) is 0 Å². The van der Waals surface area contributed by atoms with Gasteiger partial charge in [-0.3, -0.25) is 15.0 Å². The van der Waals surface area contributed by atoms with Gasteiger partial charge >= 0.3 is 5.97 Å². The van der Waals surface area contributed by atoms with Crippen molar-refractivity contribution in [1.82, 2.24) is 4.90 Å². The zero-order valence-corrected chi connectivity index (χ0v) is 16.1. The summed E-state index contributed by atoms with van der Waals surface area (Å²) in [4.78, 5) is 26.5. The molecule has 2 aromatic rings. The third kappa shape index (κ3) is 4.34. The Morgan fingerprint density at radius 1 is 1.14 bits per heavy atom. The molecule has 1 aliphatic heterocycles. The van der Waals surface area contributed by atoms with Crippen LogP contribution in [0.2, 0.25) is 0 Å². The minimum Gasteiger partial charge on any atom is -0.465 e. The van der Waals surface area contributed by atoms with E-state index in [4.69, 9.17) is 0 Å². The molecule has 1 unspecified atom stereocenters. The summed E-state index contributed by atoms with van der Waals surface area (Å²) in [6, 6.07) is 7.72. The lowest BCUT2D eigenvalue weighted by atomic mass is 10.0. The summed E-state index contributed by atoms with van der Waals surface area (Å²) in [5, 5.41) is 11.2. The Kier molecular flexibility index (Phi) is 6.07. The highest BCUT2D eigenvalue weighted by molar-refractivity contribution is 5.95. The minimum atomic E-state index is -0.766. The molecule has 0 aliphatic carbocycles. The summed E-state index contributed by atoms with van der Waals surface area (Å²) in [5.74, 6) is -1.95. The molecule has 1 heterocycles. The van der Waals surface area contributed by atoms with Crippen LogP contribution in [0.25, 0.3) is 0 Å². The fourth-order valence-electron chi connectivity index (χ4n) is 3.56. The van der Waals surface area contributed by atoms with Crippen LogP contribution in [0.15, 0.2) is 36.4 Å². The van der Waals surface area contributed by atoms with E-state index in [-0.39, 0.29) is 17.3 Å². The lowest BCUT2D eigenvalue weighted by molar-refractivity contribution is -0.385. The largest absolute Gasteiger partial charge is 0.465 e. The molecule has 1 saturated heterocycles. The molecular formula is C20H21F2N3O4. The molecule has 0 bridgehead atoms. The predicted octanol–water partition coefficient (Wildman–Crippen LogP) is 3.54. The van der Waals surface area contributed by atoms with Crippen LogP contribution in [-0.2, 0) is 4.74 Å². The molecule has 1 aliphatic rings. The Bertz CT molecular complexity index is 930. The van der Waals surface area contributed by atoms with Crippen LogP contribution in [-0.4, -0.2) is 49.1 Å². The average Bonchev–Trinajstić information content (AvgIpc) is 2.72. The first-order chi connectivity index (χ1) is 13.8. The second-order valence-corrected chi connectivity index (χ2v) is 6.81. The van der Waals surface area contributed by atoms with Crippen LogP contribution in [0.5, 0.6) is 0 Å². The van der Waals surface area contributed by atoms with Crippen molar-refractivity contribution in [2.75, 3.05) is 38.2 Å². The molecule has 9 heteroatoms. The number of carbonyl (C=O) groups is 1. The van der Waals surface area contributed by atoms with Crippen LogP contribution < -0.4 is 4.90 Å². The first-order valence-corrected chi connectivity index (χ1v) is 9.12. The lowest BCUT2D eigenvalue weighted by Gasteiger charge is -2.39. The number of esters is 1. The van der Waals surface area contributed by atoms with Gasteiger partial charge in [-0.25, -0.2) is 13.6 Å². The molecule has 154 valence electrons. The molecule has 0 saturated carbocycles. The summed E-state index contributed by atoms with van der Waals surface area (Å²) in [6.07, 6.45) is 0. The summed E-state index contributed by atoms with van der Waals surface area (Å²) >= 11 is 0. The number of benzene rings is 2. The SMILES string of the molecule is COC(=O)c1cc(N2CCN(C(C)c3ccc(F)cc3F)CC2)ccc1[N+](=O)[O-]. The van der Waals surface area contributed by atoms with Gasteiger partial charge in [-0.2, -0.15) is 0 Å². The van der Waals surface area contributed by atoms with Crippen molar-refractivity contribution in [3.63, 3.8) is 0 Å². The molecule has 29 heavy (non-hydrogen) atoms. The van der Waals surface area contributed by atoms with E-state index in [0.717, 1.165) is 6.07 Å². The Hall–Kier alpha value is -3.07. The number of nitro benzene ring substituents is 1. The number of hydrogen-bond donors (Lipinski definition) is 0. The van der Waals surface area contributed by atoms with E-state index in [9.17, 15) is 23.7 Å². The van der Waals surface area contributed by atoms with Crippen molar-refractivity contribution < 1.29 is 23.2 Å². The normalized spacial score (nSPS) is 15.8. The standard InChI is InChI=1S/C20H21F2N3O4/c1-13(16-5-3-14(21)11-18(16)22)23-7-9-24(10-8-23)15-4-6-19(25(27)28)17(12-15)20(26)29-2/h3-6,11-13H,7-10H2,1-2H3. The summed E-state index contributed by atoms with van der Waals surface area (Å²) in [7, 11) is 1.17. The van der Waals surface area contributed by atoms with Gasteiger partial charge in [0.2, 0.25) is 0 Å². The van der Waals surface area contributed by atoms with Crippen molar-refractivity contribution in [3.8, 4) is 0 Å². The maximum absolute atomic E-state index is 14.1. The number of nitrogens with zero attached hydrogens (tertiary/aromatic N) is 3. The van der Waals surface area contributed by atoms with E-state index in [1.165, 1.54) is 31.4 Å². The number of halogens is 2. The molecular weight excluding hydrogens is 384 g/mol. The quantitative estimate of drug-likeness (QED) is 0.430. The van der Waals surface area contributed by atoms with Gasteiger partial charge in [0.25, 0.3) is 5.69 Å². The molecule has 7 nitrogen and oxygen atoms in total. The van der Waals surface area contributed by atoms with Crippen LogP contribution in [0.4, 0.5) is 20.2 Å². The first kappa shape index (κ1) is 20.7. The number of carbonyl (C=O) groups excluding carboxylic acids is 1. The summed E-state index contributed by atoms with van der Waals surface area (Å²) in [5.41, 5.74) is 0.707. The number of nitro groups is 1. The van der Waals surface area contributed by atoms with E-state index in [0.29, 0.717) is 37.4 Å². The number of piperazine rings is 1. The van der Waals surface area contributed by atoms with Crippen molar-refractivity contribution in [2.45, 2.75) is 13.0 Å². The van der Waals surface area contributed by atoms with Crippen LogP contribution in [0.3, 0.4) is 0 Å². The van der Waals surface area contributed by atoms with E-state index in [1.807, 2.05) is 11.8 Å². The van der Waals surface area contributed by atoms with Gasteiger partial charge in [0.1, 0.15) is 17.2 Å². The molecule has 3 rings (SSSR count). The lowest BCUT2D eigenvalue weighted by Crippen LogP contribution is -2.47. The Balaban J connectivity index is 1.73. The van der Waals surface area contributed by atoms with Crippen molar-refractivity contribution in [1.29, 1.82) is 0 Å². The highest BCUT2D eigenvalue weighted by Crippen LogP contribution is 2.29. The van der Waals surface area contributed by atoms with E-state index >= 15 is 0 Å². The summed E-state index contributed by atoms with van der Waals surface area (Å²) in [6.45, 7) is 4.27. The second kappa shape index (κ2) is 8.52. The summed E-state index contributed by atoms with van der Waals surface area (Å²) < 4.78 is 31.9. The highest BCUT2D eigenvalue weighted by atomic mass is 19.1. The minimum absolute atomic E-state index is 0.0980. The van der Waals surface area contributed by atoms with Gasteiger partial charge in [0.05, 0.1) is 12.0 Å². The van der Waals surface area contributed by atoms with Crippen LogP contribution in [0.1, 0.15) is 28.9 Å². The van der Waals surface area contributed by atoms with E-state index in [1.54, 1.807) is 6.07 Å². The molecule has 0 N–H and O–H groups in total.